The molecule has 0 spiro atoms. The Bertz CT molecular complexity index is 1170. The summed E-state index contributed by atoms with van der Waals surface area (Å²) in [6.45, 7) is -1.25. The molecule has 14 nitrogen and oxygen atoms in total. The topological polar surface area (TPSA) is 239 Å². The van der Waals surface area contributed by atoms with E-state index < -0.39 is 74.6 Å². The maximum absolute atomic E-state index is 10.5. The van der Waals surface area contributed by atoms with Gasteiger partial charge in [-0.3, -0.25) is 0 Å². The van der Waals surface area contributed by atoms with Crippen LogP contribution in [0.4, 0.5) is 0 Å². The van der Waals surface area contributed by atoms with Crippen LogP contribution in [0.3, 0.4) is 0 Å². The Balaban J connectivity index is 1.45. The molecule has 10 N–H and O–H groups in total. The van der Waals surface area contributed by atoms with Gasteiger partial charge in [0.05, 0.1) is 13.2 Å². The van der Waals surface area contributed by atoms with Crippen LogP contribution in [0.2, 0.25) is 0 Å². The minimum Gasteiger partial charge on any atom is -0.508 e. The lowest BCUT2D eigenvalue weighted by Crippen LogP contribution is -2.60. The van der Waals surface area contributed by atoms with E-state index in [4.69, 9.17) is 18.9 Å². The van der Waals surface area contributed by atoms with Crippen molar-refractivity contribution in [3.63, 3.8) is 0 Å². The molecule has 40 heavy (non-hydrogen) atoms. The van der Waals surface area contributed by atoms with Gasteiger partial charge in [-0.05, 0) is 29.8 Å². The van der Waals surface area contributed by atoms with Crippen LogP contribution in [0.25, 0.3) is 12.2 Å². The van der Waals surface area contributed by atoms with Crippen LogP contribution >= 0.6 is 0 Å². The summed E-state index contributed by atoms with van der Waals surface area (Å²) in [5.41, 5.74) is 0.724. The van der Waals surface area contributed by atoms with Gasteiger partial charge in [0.1, 0.15) is 71.8 Å². The van der Waals surface area contributed by atoms with E-state index in [-0.39, 0.29) is 23.0 Å². The first-order chi connectivity index (χ1) is 19.0. The van der Waals surface area contributed by atoms with Gasteiger partial charge in [0, 0.05) is 17.7 Å². The maximum Gasteiger partial charge on any atom is 0.229 e. The second-order valence-corrected chi connectivity index (χ2v) is 9.44. The zero-order chi connectivity index (χ0) is 29.1. The zero-order valence-electron chi connectivity index (χ0n) is 20.9. The Hall–Kier alpha value is -3.02. The van der Waals surface area contributed by atoms with E-state index in [1.54, 1.807) is 0 Å². The predicted molar refractivity (Wildman–Crippen MR) is 134 cm³/mol. The summed E-state index contributed by atoms with van der Waals surface area (Å²) in [5, 5.41) is 99.2. The fourth-order valence-corrected chi connectivity index (χ4v) is 4.29. The predicted octanol–water partition coefficient (Wildman–Crippen LogP) is -2.37. The molecular weight excluding hydrogens is 536 g/mol. The molecule has 4 rings (SSSR count). The smallest absolute Gasteiger partial charge is 0.229 e. The first-order valence-corrected chi connectivity index (χ1v) is 12.3. The Kier molecular flexibility index (Phi) is 9.48. The lowest BCUT2D eigenvalue weighted by molar-refractivity contribution is -0.277. The molecular formula is C26H32O14. The molecule has 10 atom stereocenters. The fourth-order valence-electron chi connectivity index (χ4n) is 4.29. The Labute approximate surface area is 227 Å². The molecule has 2 saturated heterocycles. The van der Waals surface area contributed by atoms with Gasteiger partial charge >= 0.3 is 0 Å². The standard InChI is InChI=1S/C26H32O14/c27-9-17-19(31)21(33)23(35)25(39-17)37-14-4-3-12(16(30)8-14)2-1-11-5-13(29)7-15(6-11)38-26-24(36)22(34)20(32)18(10-28)40-26/h1-8,17-36H,9-10H2/b2-1+/t17-,18-,19+,20+,21+,22+,23+,24+,25-,26-/m0/s1. The largest absolute Gasteiger partial charge is 0.508 e. The third-order valence-electron chi connectivity index (χ3n) is 6.57. The van der Waals surface area contributed by atoms with Gasteiger partial charge in [-0.1, -0.05) is 12.2 Å². The molecule has 14 heteroatoms. The van der Waals surface area contributed by atoms with Gasteiger partial charge in [-0.25, -0.2) is 0 Å². The Morgan fingerprint density at radius 1 is 0.625 bits per heavy atom. The maximum atomic E-state index is 10.5. The highest BCUT2D eigenvalue weighted by Crippen LogP contribution is 2.31. The highest BCUT2D eigenvalue weighted by atomic mass is 16.7. The molecule has 2 aliphatic heterocycles. The quantitative estimate of drug-likeness (QED) is 0.150. The average molecular weight is 569 g/mol. The number of benzene rings is 2. The number of aliphatic hydroxyl groups is 8. The summed E-state index contributed by atoms with van der Waals surface area (Å²) < 4.78 is 21.6. The minimum atomic E-state index is -1.64. The van der Waals surface area contributed by atoms with E-state index in [9.17, 15) is 51.1 Å². The Morgan fingerprint density at radius 3 is 1.70 bits per heavy atom. The van der Waals surface area contributed by atoms with Crippen molar-refractivity contribution in [2.75, 3.05) is 13.2 Å². The SMILES string of the molecule is OC[C@@H]1O[C@H](Oc2cc(O)cc(/C=C/c3ccc(O[C@H]4O[C@@H](CO)[C@@H](O)[C@@H](O)[C@H]4O)cc3O)c2)[C@H](O)[C@H](O)[C@@H]1O. The molecule has 0 bridgehead atoms. The summed E-state index contributed by atoms with van der Waals surface area (Å²) in [6.07, 6.45) is -11.8. The summed E-state index contributed by atoms with van der Waals surface area (Å²) in [6, 6.07) is 8.20. The van der Waals surface area contributed by atoms with Crippen LogP contribution in [-0.4, -0.2) is 126 Å². The van der Waals surface area contributed by atoms with Crippen LogP contribution in [-0.2, 0) is 9.47 Å². The van der Waals surface area contributed by atoms with Crippen molar-refractivity contribution in [3.05, 3.63) is 47.5 Å². The molecule has 0 radical (unpaired) electrons. The van der Waals surface area contributed by atoms with Gasteiger partial charge in [0.2, 0.25) is 12.6 Å². The van der Waals surface area contributed by atoms with Crippen molar-refractivity contribution in [3.8, 4) is 23.0 Å². The molecule has 0 aromatic heterocycles. The second kappa shape index (κ2) is 12.7. The van der Waals surface area contributed by atoms with Gasteiger partial charge in [0.25, 0.3) is 0 Å². The van der Waals surface area contributed by atoms with Crippen molar-refractivity contribution in [1.82, 2.24) is 0 Å². The molecule has 0 amide bonds. The van der Waals surface area contributed by atoms with Gasteiger partial charge in [-0.2, -0.15) is 0 Å². The van der Waals surface area contributed by atoms with Crippen LogP contribution < -0.4 is 9.47 Å². The summed E-state index contributed by atoms with van der Waals surface area (Å²) in [4.78, 5) is 0. The number of aromatic hydroxyl groups is 2. The average Bonchev–Trinajstić information content (AvgIpc) is 2.93. The van der Waals surface area contributed by atoms with Crippen LogP contribution in [0, 0.1) is 0 Å². The zero-order valence-corrected chi connectivity index (χ0v) is 20.9. The second-order valence-electron chi connectivity index (χ2n) is 9.44. The lowest BCUT2D eigenvalue weighted by Gasteiger charge is -2.39. The lowest BCUT2D eigenvalue weighted by atomic mass is 9.99. The van der Waals surface area contributed by atoms with Crippen LogP contribution in [0.15, 0.2) is 36.4 Å². The number of aliphatic hydroxyl groups excluding tert-OH is 8. The van der Waals surface area contributed by atoms with E-state index >= 15 is 0 Å². The van der Waals surface area contributed by atoms with Crippen molar-refractivity contribution in [2.45, 2.75) is 61.4 Å². The van der Waals surface area contributed by atoms with Gasteiger partial charge in [0.15, 0.2) is 0 Å². The van der Waals surface area contributed by atoms with Crippen molar-refractivity contribution < 1.29 is 70.0 Å². The van der Waals surface area contributed by atoms with Crippen LogP contribution in [0.1, 0.15) is 11.1 Å². The van der Waals surface area contributed by atoms with E-state index in [0.29, 0.717) is 11.1 Å². The van der Waals surface area contributed by atoms with E-state index in [2.05, 4.69) is 0 Å². The number of phenols is 2. The fraction of sp³-hybridized carbons (Fsp3) is 0.462. The number of ether oxygens (including phenoxy) is 4. The molecule has 2 fully saturated rings. The van der Waals surface area contributed by atoms with Gasteiger partial charge < -0.3 is 70.0 Å². The number of rotatable bonds is 8. The van der Waals surface area contributed by atoms with E-state index in [0.717, 1.165) is 0 Å². The normalized spacial score (nSPS) is 34.6. The Morgan fingerprint density at radius 2 is 1.18 bits per heavy atom. The molecule has 220 valence electrons. The molecule has 2 aromatic carbocycles. The molecule has 2 heterocycles. The summed E-state index contributed by atoms with van der Waals surface area (Å²) in [5.74, 6) is -0.353. The highest BCUT2D eigenvalue weighted by Gasteiger charge is 2.45. The number of hydrogen-bond acceptors (Lipinski definition) is 14. The van der Waals surface area contributed by atoms with Crippen molar-refractivity contribution >= 4 is 12.2 Å². The number of phenolic OH excluding ortho intramolecular Hbond substituents is 2. The highest BCUT2D eigenvalue weighted by molar-refractivity contribution is 5.74. The van der Waals surface area contributed by atoms with Crippen molar-refractivity contribution in [1.29, 1.82) is 0 Å². The third kappa shape index (κ3) is 6.47. The monoisotopic (exact) mass is 568 g/mol. The van der Waals surface area contributed by atoms with E-state index in [1.165, 1.54) is 48.6 Å². The molecule has 0 aliphatic carbocycles. The van der Waals surface area contributed by atoms with Crippen LogP contribution in [0.5, 0.6) is 23.0 Å². The summed E-state index contributed by atoms with van der Waals surface area (Å²) in [7, 11) is 0. The molecule has 2 aromatic rings. The number of hydrogen-bond donors (Lipinski definition) is 10. The molecule has 0 unspecified atom stereocenters. The minimum absolute atomic E-state index is 0.0384. The molecule has 0 saturated carbocycles. The van der Waals surface area contributed by atoms with E-state index in [1.807, 2.05) is 0 Å². The summed E-state index contributed by atoms with van der Waals surface area (Å²) >= 11 is 0. The molecule has 2 aliphatic rings. The first-order valence-electron chi connectivity index (χ1n) is 12.3. The van der Waals surface area contributed by atoms with Crippen molar-refractivity contribution in [2.24, 2.45) is 0 Å². The third-order valence-corrected chi connectivity index (χ3v) is 6.57. The van der Waals surface area contributed by atoms with Gasteiger partial charge in [-0.15, -0.1) is 0 Å². The first kappa shape index (κ1) is 30.0.